The third-order valence-electron chi connectivity index (χ3n) is 2.50. The summed E-state index contributed by atoms with van der Waals surface area (Å²) in [7, 11) is 0. The summed E-state index contributed by atoms with van der Waals surface area (Å²) < 4.78 is 1.47. The smallest absolute Gasteiger partial charge is 0.313 e. The van der Waals surface area contributed by atoms with Gasteiger partial charge in [-0.05, 0) is 42.6 Å². The Morgan fingerprint density at radius 3 is 2.76 bits per heavy atom. The number of rotatable bonds is 4. The Kier molecular flexibility index (Phi) is 4.29. The molecule has 0 saturated carbocycles. The van der Waals surface area contributed by atoms with E-state index in [4.69, 9.17) is 5.26 Å². The van der Waals surface area contributed by atoms with Gasteiger partial charge in [-0.3, -0.25) is 9.36 Å². The van der Waals surface area contributed by atoms with E-state index in [9.17, 15) is 9.59 Å². The molecule has 6 heteroatoms. The minimum absolute atomic E-state index is 0.318. The van der Waals surface area contributed by atoms with Crippen molar-refractivity contribution in [2.75, 3.05) is 0 Å². The van der Waals surface area contributed by atoms with Gasteiger partial charge in [0, 0.05) is 12.7 Å². The highest BCUT2D eigenvalue weighted by Crippen LogP contribution is 2.20. The lowest BCUT2D eigenvalue weighted by Gasteiger charge is -2.14. The van der Waals surface area contributed by atoms with Crippen LogP contribution < -0.4 is 11.2 Å². The highest BCUT2D eigenvalue weighted by atomic mass is 79.9. The Labute approximate surface area is 107 Å². The van der Waals surface area contributed by atoms with Crippen LogP contribution in [0.5, 0.6) is 0 Å². The topological polar surface area (TPSA) is 78.7 Å². The standard InChI is InChI=1S/C11H14BrN3O2/c1-11(2,7-13)4-3-5-15-9(16)8(12)6-14-10(15)17/h6H,3-5H2,1-2H3,(H,14,17). The Morgan fingerprint density at radius 1 is 1.53 bits per heavy atom. The number of halogens is 1. The molecule has 5 nitrogen and oxygen atoms in total. The number of hydrogen-bond acceptors (Lipinski definition) is 3. The zero-order valence-corrected chi connectivity index (χ0v) is 11.4. The number of H-pyrrole nitrogens is 1. The molecule has 0 aliphatic rings. The van der Waals surface area contributed by atoms with E-state index in [1.54, 1.807) is 0 Å². The lowest BCUT2D eigenvalue weighted by molar-refractivity contribution is 0.409. The third-order valence-corrected chi connectivity index (χ3v) is 3.07. The summed E-state index contributed by atoms with van der Waals surface area (Å²) in [6.07, 6.45) is 2.59. The molecule has 0 aromatic carbocycles. The summed E-state index contributed by atoms with van der Waals surface area (Å²) in [6, 6.07) is 2.19. The molecule has 0 spiro atoms. The number of nitrogens with zero attached hydrogens (tertiary/aromatic N) is 2. The first-order valence-electron chi connectivity index (χ1n) is 5.27. The van der Waals surface area contributed by atoms with E-state index in [1.165, 1.54) is 6.20 Å². The molecule has 92 valence electrons. The predicted octanol–water partition coefficient (Wildman–Crippen LogP) is 1.63. The lowest BCUT2D eigenvalue weighted by atomic mass is 9.90. The molecule has 17 heavy (non-hydrogen) atoms. The monoisotopic (exact) mass is 299 g/mol. The van der Waals surface area contributed by atoms with Crippen LogP contribution in [0.25, 0.3) is 0 Å². The first-order chi connectivity index (χ1) is 7.87. The molecule has 0 radical (unpaired) electrons. The molecule has 0 fully saturated rings. The lowest BCUT2D eigenvalue weighted by Crippen LogP contribution is -2.35. The largest absolute Gasteiger partial charge is 0.328 e. The SMILES string of the molecule is CC(C)(C#N)CCCn1c(=O)[nH]cc(Br)c1=O. The maximum atomic E-state index is 11.6. The van der Waals surface area contributed by atoms with E-state index in [0.29, 0.717) is 23.9 Å². The minimum Gasteiger partial charge on any atom is -0.313 e. The second kappa shape index (κ2) is 5.32. The van der Waals surface area contributed by atoms with Crippen molar-refractivity contribution < 1.29 is 0 Å². The van der Waals surface area contributed by atoms with Crippen molar-refractivity contribution in [3.05, 3.63) is 31.5 Å². The van der Waals surface area contributed by atoms with E-state index < -0.39 is 11.1 Å². The van der Waals surface area contributed by atoms with E-state index in [0.717, 1.165) is 4.57 Å². The van der Waals surface area contributed by atoms with Crippen LogP contribution in [0.2, 0.25) is 0 Å². The van der Waals surface area contributed by atoms with Crippen LogP contribution in [-0.4, -0.2) is 9.55 Å². The Hall–Kier alpha value is -1.35. The molecule has 0 saturated heterocycles. The summed E-state index contributed by atoms with van der Waals surface area (Å²) in [6.45, 7) is 3.99. The molecule has 1 aromatic rings. The van der Waals surface area contributed by atoms with E-state index >= 15 is 0 Å². The van der Waals surface area contributed by atoms with Crippen molar-refractivity contribution in [2.24, 2.45) is 5.41 Å². The fourth-order valence-electron chi connectivity index (χ4n) is 1.42. The molecule has 0 aliphatic carbocycles. The fourth-order valence-corrected chi connectivity index (χ4v) is 1.75. The van der Waals surface area contributed by atoms with Crippen LogP contribution in [0.15, 0.2) is 20.3 Å². The number of hydrogen-bond donors (Lipinski definition) is 1. The van der Waals surface area contributed by atoms with Gasteiger partial charge in [0.15, 0.2) is 0 Å². The number of nitrogens with one attached hydrogen (secondary N) is 1. The molecule has 1 heterocycles. The molecule has 0 amide bonds. The van der Waals surface area contributed by atoms with Gasteiger partial charge in [0.2, 0.25) is 0 Å². The van der Waals surface area contributed by atoms with Crippen molar-refractivity contribution in [1.82, 2.24) is 9.55 Å². The molecule has 1 N–H and O–H groups in total. The first-order valence-corrected chi connectivity index (χ1v) is 6.06. The summed E-state index contributed by atoms with van der Waals surface area (Å²) in [4.78, 5) is 25.6. The maximum absolute atomic E-state index is 11.6. The number of aromatic nitrogens is 2. The van der Waals surface area contributed by atoms with Gasteiger partial charge in [0.1, 0.15) is 0 Å². The summed E-state index contributed by atoms with van der Waals surface area (Å²) in [5.41, 5.74) is -1.20. The van der Waals surface area contributed by atoms with Gasteiger partial charge in [-0.15, -0.1) is 0 Å². The molecule has 0 unspecified atom stereocenters. The number of aromatic amines is 1. The van der Waals surface area contributed by atoms with Gasteiger partial charge in [-0.2, -0.15) is 5.26 Å². The average Bonchev–Trinajstić information content (AvgIpc) is 2.28. The van der Waals surface area contributed by atoms with Crippen molar-refractivity contribution >= 4 is 15.9 Å². The molecule has 0 atom stereocenters. The maximum Gasteiger partial charge on any atom is 0.328 e. The van der Waals surface area contributed by atoms with Gasteiger partial charge < -0.3 is 4.98 Å². The second-order valence-corrected chi connectivity index (χ2v) is 5.35. The van der Waals surface area contributed by atoms with Gasteiger partial charge in [0.05, 0.1) is 16.0 Å². The Morgan fingerprint density at radius 2 is 2.18 bits per heavy atom. The minimum atomic E-state index is -0.428. The van der Waals surface area contributed by atoms with Crippen LogP contribution >= 0.6 is 15.9 Å². The van der Waals surface area contributed by atoms with Crippen LogP contribution in [-0.2, 0) is 6.54 Å². The summed E-state index contributed by atoms with van der Waals surface area (Å²) in [5, 5.41) is 8.85. The number of nitriles is 1. The molecular weight excluding hydrogens is 286 g/mol. The van der Waals surface area contributed by atoms with Gasteiger partial charge in [-0.25, -0.2) is 4.79 Å². The molecular formula is C11H14BrN3O2. The first kappa shape index (κ1) is 13.7. The van der Waals surface area contributed by atoms with Gasteiger partial charge in [-0.1, -0.05) is 0 Å². The van der Waals surface area contributed by atoms with Crippen LogP contribution in [0, 0.1) is 16.7 Å². The average molecular weight is 300 g/mol. The van der Waals surface area contributed by atoms with E-state index in [-0.39, 0.29) is 5.56 Å². The Bertz CT molecular complexity index is 551. The van der Waals surface area contributed by atoms with Crippen molar-refractivity contribution in [2.45, 2.75) is 33.2 Å². The van der Waals surface area contributed by atoms with Crippen LogP contribution in [0.3, 0.4) is 0 Å². The third kappa shape index (κ3) is 3.56. The molecule has 1 rings (SSSR count). The molecule has 0 aliphatic heterocycles. The van der Waals surface area contributed by atoms with Crippen molar-refractivity contribution in [3.63, 3.8) is 0 Å². The fraction of sp³-hybridized carbons (Fsp3) is 0.545. The van der Waals surface area contributed by atoms with E-state index in [2.05, 4.69) is 27.0 Å². The van der Waals surface area contributed by atoms with Gasteiger partial charge >= 0.3 is 5.69 Å². The van der Waals surface area contributed by atoms with Crippen LogP contribution in [0.1, 0.15) is 26.7 Å². The normalized spacial score (nSPS) is 11.2. The summed E-state index contributed by atoms with van der Waals surface area (Å²) in [5.74, 6) is 0. The second-order valence-electron chi connectivity index (χ2n) is 4.50. The highest BCUT2D eigenvalue weighted by Gasteiger charge is 2.16. The Balaban J connectivity index is 2.79. The molecule has 1 aromatic heterocycles. The predicted molar refractivity (Wildman–Crippen MR) is 67.7 cm³/mol. The quantitative estimate of drug-likeness (QED) is 0.918. The van der Waals surface area contributed by atoms with Crippen LogP contribution in [0.4, 0.5) is 0 Å². The molecule has 0 bridgehead atoms. The van der Waals surface area contributed by atoms with E-state index in [1.807, 2.05) is 13.8 Å². The zero-order chi connectivity index (χ0) is 13.1. The van der Waals surface area contributed by atoms with Crippen molar-refractivity contribution in [1.29, 1.82) is 5.26 Å². The zero-order valence-electron chi connectivity index (χ0n) is 9.79. The highest BCUT2D eigenvalue weighted by molar-refractivity contribution is 9.10. The van der Waals surface area contributed by atoms with Gasteiger partial charge in [0.25, 0.3) is 5.56 Å². The summed E-state index contributed by atoms with van der Waals surface area (Å²) >= 11 is 3.07. The van der Waals surface area contributed by atoms with Crippen molar-refractivity contribution in [3.8, 4) is 6.07 Å².